The van der Waals surface area contributed by atoms with Crippen molar-refractivity contribution in [3.05, 3.63) is 34.3 Å². The average Bonchev–Trinajstić information content (AvgIpc) is 2.62. The van der Waals surface area contributed by atoms with Gasteiger partial charge in [0.15, 0.2) is 5.58 Å². The van der Waals surface area contributed by atoms with Crippen LogP contribution in [-0.2, 0) is 4.74 Å². The molecule has 0 N–H and O–H groups in total. The second kappa shape index (κ2) is 4.08. The van der Waals surface area contributed by atoms with Gasteiger partial charge in [-0.25, -0.2) is 9.59 Å². The van der Waals surface area contributed by atoms with Crippen molar-refractivity contribution in [1.29, 1.82) is 0 Å². The lowest BCUT2D eigenvalue weighted by Gasteiger charge is -2.05. The van der Waals surface area contributed by atoms with E-state index in [4.69, 9.17) is 4.42 Å². The third-order valence-electron chi connectivity index (χ3n) is 2.55. The first-order valence-electron chi connectivity index (χ1n) is 5.28. The van der Waals surface area contributed by atoms with E-state index in [-0.39, 0.29) is 6.04 Å². The molecule has 0 radical (unpaired) electrons. The van der Waals surface area contributed by atoms with Crippen molar-refractivity contribution < 1.29 is 13.9 Å². The predicted octanol–water partition coefficient (Wildman–Crippen LogP) is 1.96. The minimum absolute atomic E-state index is 0.0309. The topological polar surface area (TPSA) is 61.4 Å². The summed E-state index contributed by atoms with van der Waals surface area (Å²) in [7, 11) is 1.32. The van der Waals surface area contributed by atoms with E-state index in [1.165, 1.54) is 11.7 Å². The maximum atomic E-state index is 11.6. The highest BCUT2D eigenvalue weighted by atomic mass is 16.5. The van der Waals surface area contributed by atoms with Crippen LogP contribution in [0.4, 0.5) is 0 Å². The molecule has 0 spiro atoms. The largest absolute Gasteiger partial charge is 0.465 e. The Kier molecular flexibility index (Phi) is 2.75. The van der Waals surface area contributed by atoms with Crippen LogP contribution in [0.25, 0.3) is 11.1 Å². The number of fused-ring (bicyclic) bond motifs is 1. The van der Waals surface area contributed by atoms with Gasteiger partial charge in [0.1, 0.15) is 0 Å². The molecule has 17 heavy (non-hydrogen) atoms. The predicted molar refractivity (Wildman–Crippen MR) is 62.2 cm³/mol. The summed E-state index contributed by atoms with van der Waals surface area (Å²) in [5.74, 6) is -0.854. The number of oxazole rings is 1. The summed E-state index contributed by atoms with van der Waals surface area (Å²) in [5, 5.41) is 0. The van der Waals surface area contributed by atoms with Gasteiger partial charge in [0, 0.05) is 6.04 Å². The van der Waals surface area contributed by atoms with Crippen LogP contribution in [0.2, 0.25) is 0 Å². The van der Waals surface area contributed by atoms with Crippen molar-refractivity contribution in [3.8, 4) is 0 Å². The quantitative estimate of drug-likeness (QED) is 0.746. The molecule has 5 heteroatoms. The highest BCUT2D eigenvalue weighted by Gasteiger charge is 2.14. The van der Waals surface area contributed by atoms with Gasteiger partial charge in [-0.3, -0.25) is 4.57 Å². The number of hydrogen-bond donors (Lipinski definition) is 0. The first kappa shape index (κ1) is 11.4. The monoisotopic (exact) mass is 235 g/mol. The number of ether oxygens (including phenoxy) is 1. The summed E-state index contributed by atoms with van der Waals surface area (Å²) in [6.45, 7) is 3.75. The summed E-state index contributed by atoms with van der Waals surface area (Å²) < 4.78 is 11.2. The van der Waals surface area contributed by atoms with Gasteiger partial charge in [0.2, 0.25) is 0 Å². The molecule has 0 fully saturated rings. The van der Waals surface area contributed by atoms with E-state index < -0.39 is 11.7 Å². The SMILES string of the molecule is COC(=O)c1ccc2oc(=O)n(C(C)C)c2c1. The van der Waals surface area contributed by atoms with Crippen molar-refractivity contribution >= 4 is 17.1 Å². The summed E-state index contributed by atoms with van der Waals surface area (Å²) in [6, 6.07) is 4.74. The molecular weight excluding hydrogens is 222 g/mol. The van der Waals surface area contributed by atoms with Gasteiger partial charge in [-0.2, -0.15) is 0 Å². The molecule has 0 saturated heterocycles. The van der Waals surface area contributed by atoms with Gasteiger partial charge in [-0.05, 0) is 32.0 Å². The Labute approximate surface area is 97.6 Å². The molecule has 2 aromatic rings. The van der Waals surface area contributed by atoms with Crippen molar-refractivity contribution in [3.63, 3.8) is 0 Å². The Hall–Kier alpha value is -2.04. The summed E-state index contributed by atoms with van der Waals surface area (Å²) in [6.07, 6.45) is 0. The molecule has 0 unspecified atom stereocenters. The molecule has 90 valence electrons. The lowest BCUT2D eigenvalue weighted by molar-refractivity contribution is 0.0601. The van der Waals surface area contributed by atoms with E-state index in [9.17, 15) is 9.59 Å². The highest BCUT2D eigenvalue weighted by Crippen LogP contribution is 2.18. The number of carbonyl (C=O) groups is 1. The van der Waals surface area contributed by atoms with E-state index in [0.717, 1.165) is 0 Å². The van der Waals surface area contributed by atoms with Crippen LogP contribution < -0.4 is 5.76 Å². The van der Waals surface area contributed by atoms with Gasteiger partial charge in [-0.1, -0.05) is 0 Å². The van der Waals surface area contributed by atoms with Crippen molar-refractivity contribution in [1.82, 2.24) is 4.57 Å². The van der Waals surface area contributed by atoms with Gasteiger partial charge >= 0.3 is 11.7 Å². The van der Waals surface area contributed by atoms with E-state index in [2.05, 4.69) is 4.74 Å². The molecule has 1 aromatic carbocycles. The Morgan fingerprint density at radius 2 is 2.12 bits per heavy atom. The Balaban J connectivity index is 2.71. The first-order chi connectivity index (χ1) is 8.04. The van der Waals surface area contributed by atoms with E-state index >= 15 is 0 Å². The van der Waals surface area contributed by atoms with Gasteiger partial charge < -0.3 is 9.15 Å². The Bertz CT molecular complexity index is 621. The summed E-state index contributed by atoms with van der Waals surface area (Å²) in [5.41, 5.74) is 1.47. The molecular formula is C12H13NO4. The van der Waals surface area contributed by atoms with Crippen LogP contribution in [0.3, 0.4) is 0 Å². The number of esters is 1. The van der Waals surface area contributed by atoms with Crippen LogP contribution in [0, 0.1) is 0 Å². The lowest BCUT2D eigenvalue weighted by atomic mass is 10.2. The smallest absolute Gasteiger partial charge is 0.420 e. The normalized spacial score (nSPS) is 11.1. The summed E-state index contributed by atoms with van der Waals surface area (Å²) >= 11 is 0. The number of aromatic nitrogens is 1. The highest BCUT2D eigenvalue weighted by molar-refractivity contribution is 5.93. The fourth-order valence-corrected chi connectivity index (χ4v) is 1.77. The summed E-state index contributed by atoms with van der Waals surface area (Å²) in [4.78, 5) is 23.0. The number of hydrogen-bond acceptors (Lipinski definition) is 4. The second-order valence-electron chi connectivity index (χ2n) is 4.01. The molecule has 0 atom stereocenters. The average molecular weight is 235 g/mol. The molecule has 0 aliphatic rings. The molecule has 2 rings (SSSR count). The minimum Gasteiger partial charge on any atom is -0.465 e. The zero-order valence-corrected chi connectivity index (χ0v) is 9.89. The van der Waals surface area contributed by atoms with Crippen LogP contribution in [0.1, 0.15) is 30.2 Å². The molecule has 1 aromatic heterocycles. The Morgan fingerprint density at radius 1 is 1.41 bits per heavy atom. The molecule has 0 aliphatic carbocycles. The molecule has 0 amide bonds. The van der Waals surface area contributed by atoms with Crippen molar-refractivity contribution in [2.75, 3.05) is 7.11 Å². The number of rotatable bonds is 2. The van der Waals surface area contributed by atoms with Gasteiger partial charge in [-0.15, -0.1) is 0 Å². The van der Waals surface area contributed by atoms with Gasteiger partial charge in [0.25, 0.3) is 0 Å². The lowest BCUT2D eigenvalue weighted by Crippen LogP contribution is -2.16. The van der Waals surface area contributed by atoms with Crippen molar-refractivity contribution in [2.24, 2.45) is 0 Å². The molecule has 5 nitrogen and oxygen atoms in total. The van der Waals surface area contributed by atoms with E-state index in [1.54, 1.807) is 18.2 Å². The van der Waals surface area contributed by atoms with Crippen molar-refractivity contribution in [2.45, 2.75) is 19.9 Å². The minimum atomic E-state index is -0.434. The molecule has 0 saturated carbocycles. The van der Waals surface area contributed by atoms with E-state index in [0.29, 0.717) is 16.7 Å². The molecule has 0 bridgehead atoms. The maximum absolute atomic E-state index is 11.6. The number of methoxy groups -OCH3 is 1. The number of nitrogens with zero attached hydrogens (tertiary/aromatic N) is 1. The second-order valence-corrected chi connectivity index (χ2v) is 4.01. The van der Waals surface area contributed by atoms with E-state index in [1.807, 2.05) is 13.8 Å². The third-order valence-corrected chi connectivity index (χ3v) is 2.55. The molecule has 0 aliphatic heterocycles. The standard InChI is InChI=1S/C12H13NO4/c1-7(2)13-9-6-8(11(14)16-3)4-5-10(9)17-12(13)15/h4-7H,1-3H3. The van der Waals surface area contributed by atoms with Crippen LogP contribution >= 0.6 is 0 Å². The van der Waals surface area contributed by atoms with Crippen LogP contribution in [0.5, 0.6) is 0 Å². The number of benzene rings is 1. The fourth-order valence-electron chi connectivity index (χ4n) is 1.77. The van der Waals surface area contributed by atoms with Crippen LogP contribution in [-0.4, -0.2) is 17.6 Å². The maximum Gasteiger partial charge on any atom is 0.420 e. The zero-order chi connectivity index (χ0) is 12.6. The Morgan fingerprint density at radius 3 is 2.71 bits per heavy atom. The third kappa shape index (κ3) is 1.84. The van der Waals surface area contributed by atoms with Gasteiger partial charge in [0.05, 0.1) is 18.2 Å². The first-order valence-corrected chi connectivity index (χ1v) is 5.28. The fraction of sp³-hybridized carbons (Fsp3) is 0.333. The zero-order valence-electron chi connectivity index (χ0n) is 9.89. The number of carbonyl (C=O) groups excluding carboxylic acids is 1. The van der Waals surface area contributed by atoms with Crippen LogP contribution in [0.15, 0.2) is 27.4 Å². The molecule has 1 heterocycles.